The summed E-state index contributed by atoms with van der Waals surface area (Å²) in [5, 5.41) is 13.0. The third-order valence-electron chi connectivity index (χ3n) is 2.93. The van der Waals surface area contributed by atoms with Gasteiger partial charge in [0.05, 0.1) is 12.7 Å². The highest BCUT2D eigenvalue weighted by Crippen LogP contribution is 2.17. The lowest BCUT2D eigenvalue weighted by molar-refractivity contribution is 0.134. The van der Waals surface area contributed by atoms with E-state index < -0.39 is 17.7 Å². The summed E-state index contributed by atoms with van der Waals surface area (Å²) in [6.45, 7) is 2.80. The molecular weight excluding hydrogens is 252 g/mol. The first kappa shape index (κ1) is 16.0. The third-order valence-corrected chi connectivity index (χ3v) is 2.93. The molecule has 0 aliphatic heterocycles. The summed E-state index contributed by atoms with van der Waals surface area (Å²) in [6.07, 6.45) is 0.894. The van der Waals surface area contributed by atoms with E-state index in [1.807, 2.05) is 0 Å². The molecule has 0 fully saturated rings. The van der Waals surface area contributed by atoms with E-state index in [4.69, 9.17) is 4.74 Å². The van der Waals surface area contributed by atoms with Gasteiger partial charge in [-0.3, -0.25) is 0 Å². The third kappa shape index (κ3) is 5.22. The summed E-state index contributed by atoms with van der Waals surface area (Å²) in [4.78, 5) is 0. The highest BCUT2D eigenvalue weighted by atomic mass is 19.1. The molecule has 1 aromatic carbocycles. The van der Waals surface area contributed by atoms with Crippen molar-refractivity contribution in [3.8, 4) is 0 Å². The minimum atomic E-state index is -1.00. The Morgan fingerprint density at radius 1 is 1.37 bits per heavy atom. The average molecular weight is 273 g/mol. The molecule has 0 radical (unpaired) electrons. The summed E-state index contributed by atoms with van der Waals surface area (Å²) in [5.41, 5.74) is 0.0987. The van der Waals surface area contributed by atoms with E-state index in [-0.39, 0.29) is 18.2 Å². The number of benzene rings is 1. The Morgan fingerprint density at radius 2 is 2.11 bits per heavy atom. The molecule has 0 aromatic heterocycles. The highest BCUT2D eigenvalue weighted by molar-refractivity contribution is 5.21. The van der Waals surface area contributed by atoms with Crippen molar-refractivity contribution in [2.45, 2.75) is 31.9 Å². The average Bonchev–Trinajstić information content (AvgIpc) is 2.36. The number of ether oxygens (including phenoxy) is 1. The number of nitrogens with one attached hydrogen (secondary N) is 1. The Bertz CT molecular complexity index is 382. The fraction of sp³-hybridized carbons (Fsp3) is 0.571. The first-order chi connectivity index (χ1) is 9.08. The maximum absolute atomic E-state index is 13.5. The van der Waals surface area contributed by atoms with Crippen LogP contribution in [0.25, 0.3) is 0 Å². The largest absolute Gasteiger partial charge is 0.387 e. The van der Waals surface area contributed by atoms with Crippen LogP contribution in [0.2, 0.25) is 0 Å². The van der Waals surface area contributed by atoms with Crippen molar-refractivity contribution < 1.29 is 18.6 Å². The van der Waals surface area contributed by atoms with E-state index in [1.54, 1.807) is 7.11 Å². The highest BCUT2D eigenvalue weighted by Gasteiger charge is 2.15. The number of aliphatic hydroxyl groups is 1. The van der Waals surface area contributed by atoms with Crippen LogP contribution >= 0.6 is 0 Å². The Morgan fingerprint density at radius 3 is 2.68 bits per heavy atom. The van der Waals surface area contributed by atoms with Gasteiger partial charge in [-0.05, 0) is 12.5 Å². The first-order valence-electron chi connectivity index (χ1n) is 6.43. The van der Waals surface area contributed by atoms with Gasteiger partial charge in [0.1, 0.15) is 11.6 Å². The molecule has 108 valence electrons. The Balaban J connectivity index is 2.55. The van der Waals surface area contributed by atoms with Gasteiger partial charge in [-0.25, -0.2) is 8.78 Å². The second-order valence-electron chi connectivity index (χ2n) is 4.53. The van der Waals surface area contributed by atoms with Crippen molar-refractivity contribution in [1.29, 1.82) is 0 Å². The molecule has 19 heavy (non-hydrogen) atoms. The molecule has 0 aliphatic rings. The van der Waals surface area contributed by atoms with Crippen molar-refractivity contribution in [2.24, 2.45) is 0 Å². The molecule has 2 atom stereocenters. The standard InChI is InChI=1S/C14H21F2NO2/c1-3-4-11(9-19-2)17-8-14(18)12-6-5-10(15)7-13(12)16/h5-7,11,14,17-18H,3-4,8-9H2,1-2H3. The van der Waals surface area contributed by atoms with Crippen LogP contribution in [-0.4, -0.2) is 31.4 Å². The maximum Gasteiger partial charge on any atom is 0.131 e. The minimum absolute atomic E-state index is 0.0987. The maximum atomic E-state index is 13.5. The molecule has 0 spiro atoms. The Hall–Kier alpha value is -1.04. The van der Waals surface area contributed by atoms with Crippen LogP contribution in [0.5, 0.6) is 0 Å². The minimum Gasteiger partial charge on any atom is -0.387 e. The van der Waals surface area contributed by atoms with E-state index in [1.165, 1.54) is 6.07 Å². The van der Waals surface area contributed by atoms with Gasteiger partial charge in [-0.2, -0.15) is 0 Å². The van der Waals surface area contributed by atoms with Gasteiger partial charge in [0, 0.05) is 31.3 Å². The molecule has 5 heteroatoms. The lowest BCUT2D eigenvalue weighted by Gasteiger charge is -2.20. The molecule has 0 bridgehead atoms. The Labute approximate surface area is 112 Å². The van der Waals surface area contributed by atoms with Gasteiger partial charge in [0.25, 0.3) is 0 Å². The number of methoxy groups -OCH3 is 1. The lowest BCUT2D eigenvalue weighted by atomic mass is 10.1. The van der Waals surface area contributed by atoms with Crippen LogP contribution in [0.3, 0.4) is 0 Å². The van der Waals surface area contributed by atoms with Crippen molar-refractivity contribution in [1.82, 2.24) is 5.32 Å². The van der Waals surface area contributed by atoms with Crippen LogP contribution in [0.15, 0.2) is 18.2 Å². The summed E-state index contributed by atoms with van der Waals surface area (Å²) < 4.78 is 31.3. The van der Waals surface area contributed by atoms with E-state index in [2.05, 4.69) is 12.2 Å². The number of aliphatic hydroxyl groups excluding tert-OH is 1. The van der Waals surface area contributed by atoms with Gasteiger partial charge >= 0.3 is 0 Å². The van der Waals surface area contributed by atoms with Crippen LogP contribution < -0.4 is 5.32 Å². The van der Waals surface area contributed by atoms with Gasteiger partial charge in [-0.15, -0.1) is 0 Å². The molecule has 2 unspecified atom stereocenters. The molecule has 1 rings (SSSR count). The monoisotopic (exact) mass is 273 g/mol. The SMILES string of the molecule is CCCC(COC)NCC(O)c1ccc(F)cc1F. The zero-order valence-electron chi connectivity index (χ0n) is 11.3. The second kappa shape index (κ2) is 8.19. The van der Waals surface area contributed by atoms with Crippen molar-refractivity contribution in [3.05, 3.63) is 35.4 Å². The topological polar surface area (TPSA) is 41.5 Å². The van der Waals surface area contributed by atoms with Gasteiger partial charge < -0.3 is 15.2 Å². The van der Waals surface area contributed by atoms with E-state index >= 15 is 0 Å². The summed E-state index contributed by atoms with van der Waals surface area (Å²) in [6, 6.07) is 3.30. The van der Waals surface area contributed by atoms with Crippen molar-refractivity contribution >= 4 is 0 Å². The zero-order valence-corrected chi connectivity index (χ0v) is 11.3. The summed E-state index contributed by atoms with van der Waals surface area (Å²) in [7, 11) is 1.61. The number of hydrogen-bond acceptors (Lipinski definition) is 3. The van der Waals surface area contributed by atoms with Crippen LogP contribution in [0.4, 0.5) is 8.78 Å². The quantitative estimate of drug-likeness (QED) is 0.764. The molecule has 0 aliphatic carbocycles. The van der Waals surface area contributed by atoms with Crippen LogP contribution in [-0.2, 0) is 4.74 Å². The number of rotatable bonds is 8. The predicted octanol–water partition coefficient (Wildman–Crippen LogP) is 2.40. The van der Waals surface area contributed by atoms with Crippen molar-refractivity contribution in [2.75, 3.05) is 20.3 Å². The lowest BCUT2D eigenvalue weighted by Crippen LogP contribution is -2.36. The van der Waals surface area contributed by atoms with Crippen LogP contribution in [0, 0.1) is 11.6 Å². The van der Waals surface area contributed by atoms with E-state index in [0.717, 1.165) is 25.0 Å². The fourth-order valence-corrected chi connectivity index (χ4v) is 1.95. The molecular formula is C14H21F2NO2. The Kier molecular flexibility index (Phi) is 6.91. The van der Waals surface area contributed by atoms with E-state index in [9.17, 15) is 13.9 Å². The fourth-order valence-electron chi connectivity index (χ4n) is 1.95. The summed E-state index contributed by atoms with van der Waals surface area (Å²) in [5.74, 6) is -1.38. The smallest absolute Gasteiger partial charge is 0.131 e. The molecule has 3 nitrogen and oxygen atoms in total. The molecule has 0 amide bonds. The molecule has 1 aromatic rings. The normalized spacial score (nSPS) is 14.4. The first-order valence-corrected chi connectivity index (χ1v) is 6.43. The molecule has 0 saturated heterocycles. The second-order valence-corrected chi connectivity index (χ2v) is 4.53. The van der Waals surface area contributed by atoms with Crippen LogP contribution in [0.1, 0.15) is 31.4 Å². The number of hydrogen-bond donors (Lipinski definition) is 2. The van der Waals surface area contributed by atoms with Crippen molar-refractivity contribution in [3.63, 3.8) is 0 Å². The van der Waals surface area contributed by atoms with E-state index in [0.29, 0.717) is 6.61 Å². The predicted molar refractivity (Wildman–Crippen MR) is 69.9 cm³/mol. The molecule has 2 N–H and O–H groups in total. The molecule has 0 heterocycles. The zero-order chi connectivity index (χ0) is 14.3. The number of halogens is 2. The van der Waals surface area contributed by atoms with Gasteiger partial charge in [0.2, 0.25) is 0 Å². The van der Waals surface area contributed by atoms with Gasteiger partial charge in [0.15, 0.2) is 0 Å². The summed E-state index contributed by atoms with van der Waals surface area (Å²) >= 11 is 0. The van der Waals surface area contributed by atoms with Gasteiger partial charge in [-0.1, -0.05) is 19.4 Å². The molecule has 0 saturated carbocycles.